The van der Waals surface area contributed by atoms with Crippen LogP contribution in [0.25, 0.3) is 0 Å². The van der Waals surface area contributed by atoms with Crippen molar-refractivity contribution in [3.63, 3.8) is 0 Å². The Hall–Kier alpha value is -1.28. The fourth-order valence-electron chi connectivity index (χ4n) is 1.86. The fourth-order valence-corrected chi connectivity index (χ4v) is 2.80. The first-order chi connectivity index (χ1) is 7.68. The quantitative estimate of drug-likeness (QED) is 0.818. The predicted octanol–water partition coefficient (Wildman–Crippen LogP) is 4.54. The third kappa shape index (κ3) is 2.27. The number of thiophene rings is 1. The summed E-state index contributed by atoms with van der Waals surface area (Å²) in [7, 11) is 0. The van der Waals surface area contributed by atoms with Gasteiger partial charge in [0.15, 0.2) is 0 Å². The summed E-state index contributed by atoms with van der Waals surface area (Å²) in [5.41, 5.74) is 3.89. The molecule has 1 unspecified atom stereocenters. The molecule has 0 amide bonds. The van der Waals surface area contributed by atoms with Crippen molar-refractivity contribution >= 4 is 17.0 Å². The van der Waals surface area contributed by atoms with E-state index >= 15 is 0 Å². The first-order valence-electron chi connectivity index (χ1n) is 5.54. The van der Waals surface area contributed by atoms with Gasteiger partial charge in [0.25, 0.3) is 0 Å². The van der Waals surface area contributed by atoms with Gasteiger partial charge in [-0.05, 0) is 49.4 Å². The maximum atomic E-state index is 3.56. The number of hydrogen-bond donors (Lipinski definition) is 1. The van der Waals surface area contributed by atoms with E-state index in [1.54, 1.807) is 0 Å². The number of anilines is 1. The molecule has 1 aromatic heterocycles. The van der Waals surface area contributed by atoms with Crippen LogP contribution < -0.4 is 5.32 Å². The fraction of sp³-hybridized carbons (Fsp3) is 0.286. The lowest BCUT2D eigenvalue weighted by atomic mass is 10.1. The lowest BCUT2D eigenvalue weighted by molar-refractivity contribution is 0.897. The van der Waals surface area contributed by atoms with Gasteiger partial charge in [0.1, 0.15) is 0 Å². The first-order valence-corrected chi connectivity index (χ1v) is 6.42. The average Bonchev–Trinajstić information content (AvgIpc) is 2.68. The number of aryl methyl sites for hydroxylation is 2. The Kier molecular flexibility index (Phi) is 3.30. The van der Waals surface area contributed by atoms with E-state index in [9.17, 15) is 0 Å². The Labute approximate surface area is 101 Å². The molecular weight excluding hydrogens is 214 g/mol. The molecule has 0 bridgehead atoms. The highest BCUT2D eigenvalue weighted by Gasteiger charge is 2.10. The molecule has 0 saturated heterocycles. The third-order valence-corrected chi connectivity index (χ3v) is 4.01. The summed E-state index contributed by atoms with van der Waals surface area (Å²) in [6.07, 6.45) is 0. The van der Waals surface area contributed by atoms with E-state index in [1.165, 1.54) is 21.7 Å². The van der Waals surface area contributed by atoms with Crippen molar-refractivity contribution < 1.29 is 0 Å². The molecule has 0 spiro atoms. The average molecular weight is 231 g/mol. The molecule has 0 fully saturated rings. The van der Waals surface area contributed by atoms with E-state index in [2.05, 4.69) is 61.8 Å². The molecule has 1 aromatic carbocycles. The molecule has 2 aromatic rings. The second-order valence-electron chi connectivity index (χ2n) is 4.15. The molecule has 0 aliphatic heterocycles. The zero-order chi connectivity index (χ0) is 11.5. The van der Waals surface area contributed by atoms with E-state index in [-0.39, 0.29) is 0 Å². The highest BCUT2D eigenvalue weighted by molar-refractivity contribution is 7.10. The molecule has 1 nitrogen and oxygen atoms in total. The predicted molar refractivity (Wildman–Crippen MR) is 72.3 cm³/mol. The summed E-state index contributed by atoms with van der Waals surface area (Å²) in [6, 6.07) is 11.0. The van der Waals surface area contributed by atoms with Crippen molar-refractivity contribution in [2.45, 2.75) is 26.8 Å². The van der Waals surface area contributed by atoms with Crippen molar-refractivity contribution in [3.8, 4) is 0 Å². The Morgan fingerprint density at radius 3 is 2.44 bits per heavy atom. The topological polar surface area (TPSA) is 12.0 Å². The Morgan fingerprint density at radius 2 is 1.81 bits per heavy atom. The van der Waals surface area contributed by atoms with E-state index in [0.717, 1.165) is 0 Å². The number of hydrogen-bond acceptors (Lipinski definition) is 2. The minimum Gasteiger partial charge on any atom is -0.377 e. The van der Waals surface area contributed by atoms with Crippen LogP contribution in [-0.4, -0.2) is 0 Å². The maximum Gasteiger partial charge on any atom is 0.0581 e. The molecule has 1 N–H and O–H groups in total. The lowest BCUT2D eigenvalue weighted by Gasteiger charge is -2.16. The van der Waals surface area contributed by atoms with Gasteiger partial charge in [-0.1, -0.05) is 18.2 Å². The molecule has 0 aliphatic rings. The summed E-state index contributed by atoms with van der Waals surface area (Å²) in [6.45, 7) is 6.52. The number of nitrogens with one attached hydrogen (secondary N) is 1. The van der Waals surface area contributed by atoms with Crippen LogP contribution in [0.15, 0.2) is 35.7 Å². The summed E-state index contributed by atoms with van der Waals surface area (Å²) in [5, 5.41) is 5.72. The van der Waals surface area contributed by atoms with Crippen LogP contribution in [0.1, 0.15) is 29.0 Å². The molecule has 0 aliphatic carbocycles. The number of benzene rings is 1. The second kappa shape index (κ2) is 4.71. The van der Waals surface area contributed by atoms with Crippen LogP contribution >= 0.6 is 11.3 Å². The molecule has 1 atom stereocenters. The first kappa shape index (κ1) is 11.2. The van der Waals surface area contributed by atoms with Crippen LogP contribution in [0.2, 0.25) is 0 Å². The van der Waals surface area contributed by atoms with Gasteiger partial charge >= 0.3 is 0 Å². The molecule has 0 radical (unpaired) electrons. The smallest absolute Gasteiger partial charge is 0.0581 e. The molecule has 0 saturated carbocycles. The van der Waals surface area contributed by atoms with Gasteiger partial charge < -0.3 is 5.32 Å². The summed E-state index contributed by atoms with van der Waals surface area (Å²) >= 11 is 1.82. The highest BCUT2D eigenvalue weighted by atomic mass is 32.1. The van der Waals surface area contributed by atoms with Gasteiger partial charge in [0.05, 0.1) is 6.04 Å². The van der Waals surface area contributed by atoms with Crippen molar-refractivity contribution in [2.24, 2.45) is 0 Å². The van der Waals surface area contributed by atoms with Gasteiger partial charge in [-0.25, -0.2) is 0 Å². The third-order valence-electron chi connectivity index (χ3n) is 2.81. The molecule has 16 heavy (non-hydrogen) atoms. The van der Waals surface area contributed by atoms with Crippen LogP contribution in [0.3, 0.4) is 0 Å². The maximum absolute atomic E-state index is 3.56. The SMILES string of the molecule is Cc1ccccc1NC(C)c1sccc1C. The van der Waals surface area contributed by atoms with Crippen LogP contribution in [-0.2, 0) is 0 Å². The Balaban J connectivity index is 2.17. The number of para-hydroxylation sites is 1. The van der Waals surface area contributed by atoms with Crippen molar-refractivity contribution in [3.05, 3.63) is 51.7 Å². The van der Waals surface area contributed by atoms with E-state index < -0.39 is 0 Å². The van der Waals surface area contributed by atoms with Crippen LogP contribution in [0.4, 0.5) is 5.69 Å². The highest BCUT2D eigenvalue weighted by Crippen LogP contribution is 2.27. The molecule has 1 heterocycles. The zero-order valence-corrected chi connectivity index (χ0v) is 10.8. The van der Waals surface area contributed by atoms with Gasteiger partial charge in [-0.3, -0.25) is 0 Å². The molecular formula is C14H17NS. The second-order valence-corrected chi connectivity index (χ2v) is 5.10. The zero-order valence-electron chi connectivity index (χ0n) is 9.95. The van der Waals surface area contributed by atoms with Crippen molar-refractivity contribution in [1.82, 2.24) is 0 Å². The van der Waals surface area contributed by atoms with Gasteiger partial charge in [-0.2, -0.15) is 0 Å². The molecule has 2 rings (SSSR count). The monoisotopic (exact) mass is 231 g/mol. The van der Waals surface area contributed by atoms with Crippen molar-refractivity contribution in [2.75, 3.05) is 5.32 Å². The normalized spacial score (nSPS) is 12.4. The summed E-state index contributed by atoms with van der Waals surface area (Å²) in [4.78, 5) is 1.42. The minimum absolute atomic E-state index is 0.376. The van der Waals surface area contributed by atoms with Crippen molar-refractivity contribution in [1.29, 1.82) is 0 Å². The Bertz CT molecular complexity index is 473. The molecule has 84 valence electrons. The minimum atomic E-state index is 0.376. The summed E-state index contributed by atoms with van der Waals surface area (Å²) < 4.78 is 0. The van der Waals surface area contributed by atoms with Crippen LogP contribution in [0.5, 0.6) is 0 Å². The number of rotatable bonds is 3. The summed E-state index contributed by atoms with van der Waals surface area (Å²) in [5.74, 6) is 0. The lowest BCUT2D eigenvalue weighted by Crippen LogP contribution is -2.06. The molecule has 2 heteroatoms. The Morgan fingerprint density at radius 1 is 1.06 bits per heavy atom. The van der Waals surface area contributed by atoms with Crippen LogP contribution in [0, 0.1) is 13.8 Å². The van der Waals surface area contributed by atoms with Gasteiger partial charge in [0.2, 0.25) is 0 Å². The largest absolute Gasteiger partial charge is 0.377 e. The van der Waals surface area contributed by atoms with Gasteiger partial charge in [0, 0.05) is 10.6 Å². The standard InChI is InChI=1S/C14H17NS/c1-10-6-4-5-7-13(10)15-12(3)14-11(2)8-9-16-14/h4-9,12,15H,1-3H3. The van der Waals surface area contributed by atoms with Gasteiger partial charge in [-0.15, -0.1) is 11.3 Å². The van der Waals surface area contributed by atoms with E-state index in [4.69, 9.17) is 0 Å². The van der Waals surface area contributed by atoms with E-state index in [1.807, 2.05) is 11.3 Å². The van der Waals surface area contributed by atoms with E-state index in [0.29, 0.717) is 6.04 Å².